The van der Waals surface area contributed by atoms with Crippen molar-refractivity contribution in [3.8, 4) is 0 Å². The van der Waals surface area contributed by atoms with Crippen molar-refractivity contribution >= 4 is 33.2 Å². The number of benzene rings is 1. The molecule has 2 heterocycles. The van der Waals surface area contributed by atoms with E-state index in [1.54, 1.807) is 32.2 Å². The summed E-state index contributed by atoms with van der Waals surface area (Å²) in [4.78, 5) is 25.2. The lowest BCUT2D eigenvalue weighted by atomic mass is 10.1. The number of carbonyl (C=O) groups is 2. The van der Waals surface area contributed by atoms with Crippen LogP contribution in [0.5, 0.6) is 0 Å². The van der Waals surface area contributed by atoms with Crippen molar-refractivity contribution in [2.75, 3.05) is 9.62 Å². The van der Waals surface area contributed by atoms with Crippen molar-refractivity contribution < 1.29 is 18.0 Å². The molecule has 0 aliphatic carbocycles. The van der Waals surface area contributed by atoms with Crippen molar-refractivity contribution in [2.45, 2.75) is 31.1 Å². The summed E-state index contributed by atoms with van der Waals surface area (Å²) in [6.07, 6.45) is 2.56. The van der Waals surface area contributed by atoms with E-state index in [1.165, 1.54) is 16.9 Å². The van der Waals surface area contributed by atoms with Crippen LogP contribution in [0.25, 0.3) is 0 Å². The topological polar surface area (TPSA) is 101 Å². The second-order valence-electron chi connectivity index (χ2n) is 5.88. The van der Waals surface area contributed by atoms with E-state index in [-0.39, 0.29) is 22.4 Å². The number of aryl methyl sites for hydroxylation is 2. The number of rotatable bonds is 4. The summed E-state index contributed by atoms with van der Waals surface area (Å²) in [6, 6.07) is 6.24. The number of aromatic nitrogens is 2. The normalized spacial score (nSPS) is 15.5. The molecule has 1 aromatic carbocycles. The summed E-state index contributed by atoms with van der Waals surface area (Å²) in [7, 11) is -2.18. The number of hydrogen-bond donors (Lipinski definition) is 1. The van der Waals surface area contributed by atoms with Gasteiger partial charge in [-0.25, -0.2) is 8.42 Å². The highest BCUT2D eigenvalue weighted by molar-refractivity contribution is 7.92. The molecule has 0 saturated carbocycles. The smallest absolute Gasteiger partial charge is 0.265 e. The molecule has 1 aliphatic rings. The number of carbonyl (C=O) groups excluding carboxylic acids is 2. The minimum Gasteiger partial charge on any atom is -0.279 e. The molecule has 0 unspecified atom stereocenters. The van der Waals surface area contributed by atoms with Gasteiger partial charge in [0.15, 0.2) is 0 Å². The Balaban J connectivity index is 1.91. The first-order chi connectivity index (χ1) is 11.8. The third-order valence-electron chi connectivity index (χ3n) is 3.89. The summed E-state index contributed by atoms with van der Waals surface area (Å²) in [5.74, 6) is -0.557. The number of imide groups is 1. The van der Waals surface area contributed by atoms with E-state index < -0.39 is 10.0 Å². The highest BCUT2D eigenvalue weighted by Gasteiger charge is 2.28. The second-order valence-corrected chi connectivity index (χ2v) is 7.54. The van der Waals surface area contributed by atoms with Crippen molar-refractivity contribution in [1.29, 1.82) is 0 Å². The van der Waals surface area contributed by atoms with Crippen LogP contribution in [0, 0.1) is 6.92 Å². The molecule has 0 atom stereocenters. The Morgan fingerprint density at radius 3 is 2.44 bits per heavy atom. The first-order valence-corrected chi connectivity index (χ1v) is 9.25. The van der Waals surface area contributed by atoms with Crippen molar-refractivity contribution in [3.05, 3.63) is 36.2 Å². The minimum absolute atomic E-state index is 0.0746. The Morgan fingerprint density at radius 2 is 1.84 bits per heavy atom. The first kappa shape index (κ1) is 17.2. The van der Waals surface area contributed by atoms with Gasteiger partial charge in [-0.15, -0.1) is 0 Å². The van der Waals surface area contributed by atoms with Gasteiger partial charge in [0, 0.05) is 26.1 Å². The van der Waals surface area contributed by atoms with E-state index >= 15 is 0 Å². The van der Waals surface area contributed by atoms with Crippen LogP contribution in [0.15, 0.2) is 35.4 Å². The maximum atomic E-state index is 12.5. The molecule has 0 bridgehead atoms. The number of anilines is 2. The molecule has 1 saturated heterocycles. The van der Waals surface area contributed by atoms with E-state index in [0.29, 0.717) is 30.6 Å². The molecule has 2 amide bonds. The highest BCUT2D eigenvalue weighted by atomic mass is 32.2. The third kappa shape index (κ3) is 3.41. The Labute approximate surface area is 145 Å². The third-order valence-corrected chi connectivity index (χ3v) is 5.38. The Hall–Kier alpha value is -2.68. The Kier molecular flexibility index (Phi) is 4.34. The monoisotopic (exact) mass is 362 g/mol. The largest absolute Gasteiger partial charge is 0.279 e. The average Bonchev–Trinajstić information content (AvgIpc) is 2.87. The van der Waals surface area contributed by atoms with Crippen LogP contribution in [0.3, 0.4) is 0 Å². The summed E-state index contributed by atoms with van der Waals surface area (Å²) >= 11 is 0. The van der Waals surface area contributed by atoms with Crippen LogP contribution in [-0.4, -0.2) is 30.0 Å². The van der Waals surface area contributed by atoms with Gasteiger partial charge in [0.1, 0.15) is 4.90 Å². The molecular weight excluding hydrogens is 344 g/mol. The first-order valence-electron chi connectivity index (χ1n) is 7.77. The maximum Gasteiger partial charge on any atom is 0.265 e. The fourth-order valence-electron chi connectivity index (χ4n) is 2.80. The van der Waals surface area contributed by atoms with Crippen LogP contribution in [0.1, 0.15) is 25.0 Å². The maximum absolute atomic E-state index is 12.5. The Morgan fingerprint density at radius 1 is 1.16 bits per heavy atom. The van der Waals surface area contributed by atoms with Gasteiger partial charge < -0.3 is 0 Å². The number of sulfonamides is 1. The summed E-state index contributed by atoms with van der Waals surface area (Å²) < 4.78 is 29.0. The molecular formula is C16H18N4O4S. The lowest BCUT2D eigenvalue weighted by Gasteiger charge is -2.25. The van der Waals surface area contributed by atoms with E-state index in [4.69, 9.17) is 0 Å². The van der Waals surface area contributed by atoms with Crippen LogP contribution in [0.2, 0.25) is 0 Å². The molecule has 1 aliphatic heterocycles. The number of nitrogens with one attached hydrogen (secondary N) is 1. The summed E-state index contributed by atoms with van der Waals surface area (Å²) in [6.45, 7) is 1.61. The molecule has 8 nitrogen and oxygen atoms in total. The quantitative estimate of drug-likeness (QED) is 0.832. The fraction of sp³-hybridized carbons (Fsp3) is 0.312. The van der Waals surface area contributed by atoms with Gasteiger partial charge in [0.05, 0.1) is 17.1 Å². The molecule has 9 heteroatoms. The van der Waals surface area contributed by atoms with Crippen LogP contribution in [-0.2, 0) is 26.7 Å². The molecule has 1 aromatic heterocycles. The highest BCUT2D eigenvalue weighted by Crippen LogP contribution is 2.26. The predicted molar refractivity (Wildman–Crippen MR) is 91.5 cm³/mol. The zero-order chi connectivity index (χ0) is 18.2. The van der Waals surface area contributed by atoms with Crippen molar-refractivity contribution in [3.63, 3.8) is 0 Å². The van der Waals surface area contributed by atoms with Gasteiger partial charge in [-0.05, 0) is 31.5 Å². The van der Waals surface area contributed by atoms with Crippen LogP contribution in [0.4, 0.5) is 11.4 Å². The molecule has 0 spiro atoms. The van der Waals surface area contributed by atoms with E-state index in [9.17, 15) is 18.0 Å². The predicted octanol–water partition coefficient (Wildman–Crippen LogP) is 1.57. The fourth-order valence-corrected chi connectivity index (χ4v) is 4.07. The summed E-state index contributed by atoms with van der Waals surface area (Å²) in [5, 5.41) is 4.03. The van der Waals surface area contributed by atoms with E-state index in [2.05, 4.69) is 9.82 Å². The number of piperidine rings is 1. The lowest BCUT2D eigenvalue weighted by molar-refractivity contribution is -0.129. The SMILES string of the molecule is Cc1nn(C)cc1S(=O)(=O)Nc1cccc(N2C(=O)CCCC2=O)c1. The molecule has 25 heavy (non-hydrogen) atoms. The van der Waals surface area contributed by atoms with Crippen molar-refractivity contribution in [2.24, 2.45) is 7.05 Å². The van der Waals surface area contributed by atoms with Gasteiger partial charge in [-0.1, -0.05) is 6.07 Å². The van der Waals surface area contributed by atoms with E-state index in [1.807, 2.05) is 0 Å². The van der Waals surface area contributed by atoms with Gasteiger partial charge in [0.25, 0.3) is 10.0 Å². The average molecular weight is 362 g/mol. The number of amides is 2. The van der Waals surface area contributed by atoms with Crippen molar-refractivity contribution in [1.82, 2.24) is 9.78 Å². The standard InChI is InChI=1S/C16H18N4O4S/c1-11-14(10-19(2)17-11)25(23,24)18-12-5-3-6-13(9-12)20-15(21)7-4-8-16(20)22/h3,5-6,9-10,18H,4,7-8H2,1-2H3. The zero-order valence-electron chi connectivity index (χ0n) is 13.9. The van der Waals surface area contributed by atoms with Crippen LogP contribution < -0.4 is 9.62 Å². The van der Waals surface area contributed by atoms with Gasteiger partial charge in [-0.2, -0.15) is 5.10 Å². The van der Waals surface area contributed by atoms with Gasteiger partial charge >= 0.3 is 0 Å². The van der Waals surface area contributed by atoms with Crippen LogP contribution >= 0.6 is 0 Å². The molecule has 2 aromatic rings. The molecule has 3 rings (SSSR count). The molecule has 132 valence electrons. The second kappa shape index (κ2) is 6.32. The number of hydrogen-bond acceptors (Lipinski definition) is 5. The molecule has 1 N–H and O–H groups in total. The lowest BCUT2D eigenvalue weighted by Crippen LogP contribution is -2.40. The summed E-state index contributed by atoms with van der Waals surface area (Å²) in [5.41, 5.74) is 1.01. The molecule has 1 fully saturated rings. The zero-order valence-corrected chi connectivity index (χ0v) is 14.7. The number of nitrogens with zero attached hydrogens (tertiary/aromatic N) is 3. The Bertz CT molecular complexity index is 933. The van der Waals surface area contributed by atoms with E-state index in [0.717, 1.165) is 4.90 Å². The molecule has 0 radical (unpaired) electrons. The van der Waals surface area contributed by atoms with Gasteiger partial charge in [0.2, 0.25) is 11.8 Å². The van der Waals surface area contributed by atoms with Gasteiger partial charge in [-0.3, -0.25) is 23.9 Å². The minimum atomic E-state index is -3.82.